The molecule has 3 N–H and O–H groups in total. The third-order valence-electron chi connectivity index (χ3n) is 2.70. The molecule has 2 aromatic heterocycles. The van der Waals surface area contributed by atoms with Gasteiger partial charge in [0.1, 0.15) is 11.3 Å². The number of hydrogen-bond donors (Lipinski definition) is 3. The van der Waals surface area contributed by atoms with Gasteiger partial charge in [0.05, 0.1) is 24.9 Å². The van der Waals surface area contributed by atoms with Crippen LogP contribution >= 0.6 is 0 Å². The van der Waals surface area contributed by atoms with Crippen LogP contribution in [0.1, 0.15) is 16.2 Å². The number of carbonyl (C=O) groups is 1. The second kappa shape index (κ2) is 5.16. The third kappa shape index (κ3) is 2.20. The molecule has 0 aromatic carbocycles. The summed E-state index contributed by atoms with van der Waals surface area (Å²) in [6.07, 6.45) is 1.75. The molecular weight excluding hydrogens is 234 g/mol. The quantitative estimate of drug-likeness (QED) is 0.696. The number of pyridine rings is 1. The van der Waals surface area contributed by atoms with Crippen LogP contribution in [0.5, 0.6) is 0 Å². The molecule has 0 unspecified atom stereocenters. The number of rotatable bonds is 4. The van der Waals surface area contributed by atoms with Crippen molar-refractivity contribution in [2.75, 3.05) is 13.2 Å². The number of carbonyl (C=O) groups excluding carboxylic acids is 1. The maximum Gasteiger partial charge on any atom is 0.270 e. The maximum absolute atomic E-state index is 12.1. The first-order chi connectivity index (χ1) is 8.67. The van der Waals surface area contributed by atoms with Gasteiger partial charge in [0.15, 0.2) is 0 Å². The van der Waals surface area contributed by atoms with Crippen molar-refractivity contribution < 1.29 is 15.0 Å². The summed E-state index contributed by atoms with van der Waals surface area (Å²) in [7, 11) is 0. The molecule has 0 aliphatic carbocycles. The van der Waals surface area contributed by atoms with Crippen LogP contribution in [0.4, 0.5) is 0 Å². The van der Waals surface area contributed by atoms with E-state index in [1.165, 1.54) is 0 Å². The molecule has 0 radical (unpaired) electrons. The number of aryl methyl sites for hydroxylation is 1. The predicted octanol–water partition coefficient (Wildman–Crippen LogP) is -0.274. The largest absolute Gasteiger partial charge is 0.394 e. The molecule has 0 aliphatic rings. The van der Waals surface area contributed by atoms with Crippen molar-refractivity contribution in [3.63, 3.8) is 0 Å². The second-order valence-corrected chi connectivity index (χ2v) is 4.01. The van der Waals surface area contributed by atoms with Crippen molar-refractivity contribution in [3.05, 3.63) is 35.8 Å². The standard InChI is InChI=1S/C12H15N3O3/c1-8-11(12(18)14-9(6-16)7-17)15-5-3-2-4-10(15)13-8/h2-5,9,16-17H,6-7H2,1H3,(H,14,18). The first kappa shape index (κ1) is 12.5. The van der Waals surface area contributed by atoms with Gasteiger partial charge < -0.3 is 15.5 Å². The maximum atomic E-state index is 12.1. The van der Waals surface area contributed by atoms with Gasteiger partial charge in [0, 0.05) is 6.20 Å². The predicted molar refractivity (Wildman–Crippen MR) is 65.4 cm³/mol. The van der Waals surface area contributed by atoms with Crippen LogP contribution in [-0.4, -0.2) is 44.8 Å². The minimum atomic E-state index is -0.661. The van der Waals surface area contributed by atoms with Gasteiger partial charge in [0.2, 0.25) is 0 Å². The summed E-state index contributed by atoms with van der Waals surface area (Å²) in [5.74, 6) is -0.362. The van der Waals surface area contributed by atoms with E-state index < -0.39 is 6.04 Å². The van der Waals surface area contributed by atoms with Crippen molar-refractivity contribution >= 4 is 11.6 Å². The van der Waals surface area contributed by atoms with E-state index in [0.717, 1.165) is 0 Å². The van der Waals surface area contributed by atoms with Crippen LogP contribution in [0.2, 0.25) is 0 Å². The van der Waals surface area contributed by atoms with Crippen LogP contribution in [0, 0.1) is 6.92 Å². The fourth-order valence-corrected chi connectivity index (χ4v) is 1.79. The summed E-state index contributed by atoms with van der Waals surface area (Å²) in [6, 6.07) is 4.79. The molecule has 0 fully saturated rings. The lowest BCUT2D eigenvalue weighted by atomic mass is 10.2. The summed E-state index contributed by atoms with van der Waals surface area (Å²) in [5, 5.41) is 20.5. The average molecular weight is 249 g/mol. The van der Waals surface area contributed by atoms with E-state index in [2.05, 4.69) is 10.3 Å². The Morgan fingerprint density at radius 2 is 2.17 bits per heavy atom. The van der Waals surface area contributed by atoms with Crippen molar-refractivity contribution in [2.24, 2.45) is 0 Å². The van der Waals surface area contributed by atoms with E-state index in [9.17, 15) is 4.79 Å². The SMILES string of the molecule is Cc1nc2ccccn2c1C(=O)NC(CO)CO. The first-order valence-corrected chi connectivity index (χ1v) is 5.63. The Hall–Kier alpha value is -1.92. The van der Waals surface area contributed by atoms with Crippen LogP contribution < -0.4 is 5.32 Å². The molecule has 2 heterocycles. The Labute approximate surface area is 104 Å². The number of fused-ring (bicyclic) bond motifs is 1. The zero-order chi connectivity index (χ0) is 13.1. The topological polar surface area (TPSA) is 86.9 Å². The fourth-order valence-electron chi connectivity index (χ4n) is 1.79. The van der Waals surface area contributed by atoms with Crippen molar-refractivity contribution in [1.29, 1.82) is 0 Å². The molecular formula is C12H15N3O3. The van der Waals surface area contributed by atoms with E-state index in [-0.39, 0.29) is 19.1 Å². The van der Waals surface area contributed by atoms with Gasteiger partial charge >= 0.3 is 0 Å². The number of imidazole rings is 1. The molecule has 96 valence electrons. The van der Waals surface area contributed by atoms with Gasteiger partial charge in [0.25, 0.3) is 5.91 Å². The van der Waals surface area contributed by atoms with E-state index in [0.29, 0.717) is 17.0 Å². The molecule has 0 atom stereocenters. The number of nitrogens with zero attached hydrogens (tertiary/aromatic N) is 2. The zero-order valence-electron chi connectivity index (χ0n) is 10.00. The van der Waals surface area contributed by atoms with Crippen LogP contribution in [0.25, 0.3) is 5.65 Å². The number of amides is 1. The highest BCUT2D eigenvalue weighted by Crippen LogP contribution is 2.11. The Morgan fingerprint density at radius 1 is 1.44 bits per heavy atom. The number of aromatic nitrogens is 2. The molecule has 6 heteroatoms. The van der Waals surface area contributed by atoms with Crippen LogP contribution in [0.3, 0.4) is 0 Å². The smallest absolute Gasteiger partial charge is 0.270 e. The summed E-state index contributed by atoms with van der Waals surface area (Å²) < 4.78 is 1.68. The first-order valence-electron chi connectivity index (χ1n) is 5.63. The Bertz CT molecular complexity index is 561. The lowest BCUT2D eigenvalue weighted by Crippen LogP contribution is -2.40. The number of aliphatic hydroxyl groups excluding tert-OH is 2. The van der Waals surface area contributed by atoms with E-state index in [1.807, 2.05) is 6.07 Å². The minimum Gasteiger partial charge on any atom is -0.394 e. The summed E-state index contributed by atoms with van der Waals surface area (Å²) >= 11 is 0. The van der Waals surface area contributed by atoms with Gasteiger partial charge in [-0.3, -0.25) is 9.20 Å². The minimum absolute atomic E-state index is 0.308. The molecule has 0 bridgehead atoms. The second-order valence-electron chi connectivity index (χ2n) is 4.01. The molecule has 2 rings (SSSR count). The van der Waals surface area contributed by atoms with Gasteiger partial charge in [-0.05, 0) is 19.1 Å². The van der Waals surface area contributed by atoms with Gasteiger partial charge in [-0.1, -0.05) is 6.07 Å². The number of aliphatic hydroxyl groups is 2. The van der Waals surface area contributed by atoms with Gasteiger partial charge in [-0.15, -0.1) is 0 Å². The van der Waals surface area contributed by atoms with Crippen LogP contribution in [0.15, 0.2) is 24.4 Å². The lowest BCUT2D eigenvalue weighted by molar-refractivity contribution is 0.0873. The van der Waals surface area contributed by atoms with Crippen molar-refractivity contribution in [2.45, 2.75) is 13.0 Å². The van der Waals surface area contributed by atoms with E-state index in [4.69, 9.17) is 10.2 Å². The van der Waals surface area contributed by atoms with Crippen molar-refractivity contribution in [3.8, 4) is 0 Å². The van der Waals surface area contributed by atoms with E-state index in [1.54, 1.807) is 29.7 Å². The Balaban J connectivity index is 2.35. The normalized spacial score (nSPS) is 11.1. The third-order valence-corrected chi connectivity index (χ3v) is 2.70. The monoisotopic (exact) mass is 249 g/mol. The molecule has 18 heavy (non-hydrogen) atoms. The number of nitrogens with one attached hydrogen (secondary N) is 1. The molecule has 0 saturated carbocycles. The molecule has 0 spiro atoms. The highest BCUT2D eigenvalue weighted by molar-refractivity contribution is 5.94. The molecule has 0 saturated heterocycles. The molecule has 2 aromatic rings. The summed E-state index contributed by atoms with van der Waals surface area (Å²) in [6.45, 7) is 1.13. The highest BCUT2D eigenvalue weighted by atomic mass is 16.3. The van der Waals surface area contributed by atoms with E-state index >= 15 is 0 Å². The number of hydrogen-bond acceptors (Lipinski definition) is 4. The average Bonchev–Trinajstić information content (AvgIpc) is 2.71. The van der Waals surface area contributed by atoms with Crippen LogP contribution in [-0.2, 0) is 0 Å². The molecule has 1 amide bonds. The summed E-state index contributed by atoms with van der Waals surface area (Å²) in [4.78, 5) is 16.3. The molecule has 0 aliphatic heterocycles. The lowest BCUT2D eigenvalue weighted by Gasteiger charge is -2.13. The molecule has 6 nitrogen and oxygen atoms in total. The van der Waals surface area contributed by atoms with Crippen molar-refractivity contribution in [1.82, 2.24) is 14.7 Å². The Morgan fingerprint density at radius 3 is 2.83 bits per heavy atom. The fraction of sp³-hybridized carbons (Fsp3) is 0.333. The highest BCUT2D eigenvalue weighted by Gasteiger charge is 2.18. The van der Waals surface area contributed by atoms with Gasteiger partial charge in [-0.2, -0.15) is 0 Å². The Kier molecular flexibility index (Phi) is 3.59. The van der Waals surface area contributed by atoms with Gasteiger partial charge in [-0.25, -0.2) is 4.98 Å². The summed E-state index contributed by atoms with van der Waals surface area (Å²) in [5.41, 5.74) is 1.70. The zero-order valence-corrected chi connectivity index (χ0v) is 10.00.